The molecular weight excluding hydrogens is 246 g/mol. The summed E-state index contributed by atoms with van der Waals surface area (Å²) in [5, 5.41) is 4.70. The normalized spacial score (nSPS) is 11.0. The molecule has 0 saturated carbocycles. The van der Waals surface area contributed by atoms with Gasteiger partial charge in [-0.3, -0.25) is 0 Å². The van der Waals surface area contributed by atoms with Gasteiger partial charge in [0.25, 0.3) is 0 Å². The molecule has 0 aliphatic rings. The van der Waals surface area contributed by atoms with Crippen LogP contribution in [0, 0.1) is 6.92 Å². The summed E-state index contributed by atoms with van der Waals surface area (Å²) in [6.45, 7) is 2.11. The first-order valence-corrected chi connectivity index (χ1v) is 6.15. The molecule has 0 spiro atoms. The van der Waals surface area contributed by atoms with Gasteiger partial charge >= 0.3 is 0 Å². The van der Waals surface area contributed by atoms with Gasteiger partial charge in [0, 0.05) is 12.5 Å². The van der Waals surface area contributed by atoms with Crippen LogP contribution in [-0.4, -0.2) is 14.6 Å². The summed E-state index contributed by atoms with van der Waals surface area (Å²) < 4.78 is 1.63. The lowest BCUT2D eigenvalue weighted by atomic mass is 10.0. The van der Waals surface area contributed by atoms with Gasteiger partial charge in [-0.1, -0.05) is 35.9 Å². The molecule has 0 saturated heterocycles. The van der Waals surface area contributed by atoms with E-state index in [1.807, 2.05) is 24.3 Å². The lowest BCUT2D eigenvalue weighted by molar-refractivity contribution is 0.918. The highest BCUT2D eigenvalue weighted by atomic mass is 35.5. The number of aromatic nitrogens is 3. The van der Waals surface area contributed by atoms with E-state index in [1.54, 1.807) is 10.7 Å². The van der Waals surface area contributed by atoms with E-state index in [0.717, 1.165) is 17.8 Å². The topological polar surface area (TPSA) is 30.2 Å². The van der Waals surface area contributed by atoms with Crippen LogP contribution in [0.15, 0.2) is 42.6 Å². The molecule has 4 heteroatoms. The average Bonchev–Trinajstić information content (AvgIpc) is 2.81. The van der Waals surface area contributed by atoms with Crippen molar-refractivity contribution in [2.45, 2.75) is 13.3 Å². The second-order valence-electron chi connectivity index (χ2n) is 4.27. The van der Waals surface area contributed by atoms with Gasteiger partial charge in [0.05, 0.1) is 11.9 Å². The smallest absolute Gasteiger partial charge is 0.156 e. The van der Waals surface area contributed by atoms with Crippen molar-refractivity contribution in [3.63, 3.8) is 0 Å². The zero-order valence-corrected chi connectivity index (χ0v) is 10.7. The summed E-state index contributed by atoms with van der Waals surface area (Å²) in [5.41, 5.74) is 4.28. The Labute approximate surface area is 110 Å². The lowest BCUT2D eigenvalue weighted by Crippen LogP contribution is -1.99. The number of nitrogens with zero attached hydrogens (tertiary/aromatic N) is 3. The maximum absolute atomic E-state index is 6.17. The molecule has 3 nitrogen and oxygen atoms in total. The number of halogens is 1. The molecule has 90 valence electrons. The maximum atomic E-state index is 6.17. The van der Waals surface area contributed by atoms with Gasteiger partial charge in [-0.25, -0.2) is 9.50 Å². The van der Waals surface area contributed by atoms with Gasteiger partial charge < -0.3 is 0 Å². The van der Waals surface area contributed by atoms with Crippen LogP contribution in [0.25, 0.3) is 5.65 Å². The standard InChI is InChI=1S/C14H12ClN3/c1-10-4-2-3-5-11(10)8-12-9-13(15)18-14(17-12)6-7-16-18/h2-7,9H,8H2,1H3. The lowest BCUT2D eigenvalue weighted by Gasteiger charge is -2.06. The monoisotopic (exact) mass is 257 g/mol. The summed E-state index contributed by atoms with van der Waals surface area (Å²) in [5.74, 6) is 0. The fraction of sp³-hybridized carbons (Fsp3) is 0.143. The summed E-state index contributed by atoms with van der Waals surface area (Å²) in [6.07, 6.45) is 2.49. The maximum Gasteiger partial charge on any atom is 0.156 e. The van der Waals surface area contributed by atoms with Crippen molar-refractivity contribution in [2.75, 3.05) is 0 Å². The minimum absolute atomic E-state index is 0.591. The number of aryl methyl sites for hydroxylation is 1. The Morgan fingerprint density at radius 2 is 2.06 bits per heavy atom. The first kappa shape index (κ1) is 11.2. The molecule has 1 aromatic carbocycles. The fourth-order valence-corrected chi connectivity index (χ4v) is 2.27. The molecular formula is C14H12ClN3. The van der Waals surface area contributed by atoms with E-state index in [0.29, 0.717) is 5.15 Å². The molecule has 0 radical (unpaired) electrons. The third-order valence-corrected chi connectivity index (χ3v) is 3.27. The van der Waals surface area contributed by atoms with Crippen molar-refractivity contribution in [1.82, 2.24) is 14.6 Å². The molecule has 0 atom stereocenters. The SMILES string of the molecule is Cc1ccccc1Cc1cc(Cl)n2nccc2n1. The predicted molar refractivity (Wildman–Crippen MR) is 72.0 cm³/mol. The van der Waals surface area contributed by atoms with Gasteiger partial charge in [-0.15, -0.1) is 0 Å². The Hall–Kier alpha value is -1.87. The summed E-state index contributed by atoms with van der Waals surface area (Å²) >= 11 is 6.17. The molecule has 0 bridgehead atoms. The predicted octanol–water partition coefficient (Wildman–Crippen LogP) is 3.28. The van der Waals surface area contributed by atoms with Crippen LogP contribution in [0.5, 0.6) is 0 Å². The molecule has 0 unspecified atom stereocenters. The van der Waals surface area contributed by atoms with Crippen LogP contribution in [0.4, 0.5) is 0 Å². The highest BCUT2D eigenvalue weighted by molar-refractivity contribution is 6.29. The second-order valence-corrected chi connectivity index (χ2v) is 4.66. The molecule has 18 heavy (non-hydrogen) atoms. The van der Waals surface area contributed by atoms with Gasteiger partial charge in [0.15, 0.2) is 5.65 Å². The number of hydrogen-bond acceptors (Lipinski definition) is 2. The molecule has 0 fully saturated rings. The van der Waals surface area contributed by atoms with Gasteiger partial charge in [-0.05, 0) is 24.1 Å². The van der Waals surface area contributed by atoms with Crippen molar-refractivity contribution >= 4 is 17.2 Å². The van der Waals surface area contributed by atoms with Crippen LogP contribution >= 0.6 is 11.6 Å². The zero-order valence-electron chi connectivity index (χ0n) is 9.97. The molecule has 0 N–H and O–H groups in total. The minimum Gasteiger partial charge on any atom is -0.233 e. The Morgan fingerprint density at radius 3 is 2.89 bits per heavy atom. The Morgan fingerprint density at radius 1 is 1.22 bits per heavy atom. The van der Waals surface area contributed by atoms with Crippen LogP contribution < -0.4 is 0 Å². The first-order valence-electron chi connectivity index (χ1n) is 5.78. The third-order valence-electron chi connectivity index (χ3n) is 3.00. The molecule has 3 rings (SSSR count). The number of rotatable bonds is 2. The van der Waals surface area contributed by atoms with Crippen molar-refractivity contribution in [2.24, 2.45) is 0 Å². The van der Waals surface area contributed by atoms with E-state index in [9.17, 15) is 0 Å². The second kappa shape index (κ2) is 4.42. The van der Waals surface area contributed by atoms with E-state index < -0.39 is 0 Å². The zero-order chi connectivity index (χ0) is 12.5. The average molecular weight is 258 g/mol. The van der Waals surface area contributed by atoms with Gasteiger partial charge in [0.2, 0.25) is 0 Å². The molecule has 0 aliphatic heterocycles. The van der Waals surface area contributed by atoms with E-state index in [2.05, 4.69) is 29.1 Å². The first-order chi connectivity index (χ1) is 8.74. The minimum atomic E-state index is 0.591. The van der Waals surface area contributed by atoms with E-state index in [-0.39, 0.29) is 0 Å². The molecule has 2 heterocycles. The molecule has 3 aromatic rings. The van der Waals surface area contributed by atoms with Gasteiger partial charge in [-0.2, -0.15) is 5.10 Å². The van der Waals surface area contributed by atoms with Crippen LogP contribution in [-0.2, 0) is 6.42 Å². The number of hydrogen-bond donors (Lipinski definition) is 0. The fourth-order valence-electron chi connectivity index (χ4n) is 2.02. The summed E-state index contributed by atoms with van der Waals surface area (Å²) in [4.78, 5) is 4.55. The van der Waals surface area contributed by atoms with E-state index >= 15 is 0 Å². The number of fused-ring (bicyclic) bond motifs is 1. The highest BCUT2D eigenvalue weighted by Crippen LogP contribution is 2.17. The molecule has 0 aliphatic carbocycles. The summed E-state index contributed by atoms with van der Waals surface area (Å²) in [6, 6.07) is 12.0. The van der Waals surface area contributed by atoms with Crippen molar-refractivity contribution in [1.29, 1.82) is 0 Å². The molecule has 2 aromatic heterocycles. The van der Waals surface area contributed by atoms with Crippen molar-refractivity contribution in [3.8, 4) is 0 Å². The Kier molecular flexibility index (Phi) is 2.76. The Balaban J connectivity index is 2.02. The highest BCUT2D eigenvalue weighted by Gasteiger charge is 2.06. The summed E-state index contributed by atoms with van der Waals surface area (Å²) in [7, 11) is 0. The largest absolute Gasteiger partial charge is 0.233 e. The molecule has 0 amide bonds. The van der Waals surface area contributed by atoms with Crippen LogP contribution in [0.2, 0.25) is 5.15 Å². The Bertz CT molecular complexity index is 703. The van der Waals surface area contributed by atoms with Crippen LogP contribution in [0.1, 0.15) is 16.8 Å². The van der Waals surface area contributed by atoms with Crippen LogP contribution in [0.3, 0.4) is 0 Å². The van der Waals surface area contributed by atoms with Crippen molar-refractivity contribution in [3.05, 3.63) is 64.6 Å². The third kappa shape index (κ3) is 1.97. The van der Waals surface area contributed by atoms with E-state index in [1.165, 1.54) is 11.1 Å². The van der Waals surface area contributed by atoms with E-state index in [4.69, 9.17) is 11.6 Å². The van der Waals surface area contributed by atoms with Crippen molar-refractivity contribution < 1.29 is 0 Å². The van der Waals surface area contributed by atoms with Gasteiger partial charge in [0.1, 0.15) is 5.15 Å². The quantitative estimate of drug-likeness (QED) is 0.660. The number of benzene rings is 1.